The Hall–Kier alpha value is -2.52. The van der Waals surface area contributed by atoms with Gasteiger partial charge in [-0.25, -0.2) is 0 Å². The lowest BCUT2D eigenvalue weighted by Crippen LogP contribution is -1.95. The van der Waals surface area contributed by atoms with Crippen molar-refractivity contribution in [3.63, 3.8) is 0 Å². The number of unbranched alkanes of at least 4 members (excludes halogenated alkanes) is 3. The average Bonchev–Trinajstić information content (AvgIpc) is 2.82. The lowest BCUT2D eigenvalue weighted by molar-refractivity contribution is 0.411. The molecule has 2 nitrogen and oxygen atoms in total. The Morgan fingerprint density at radius 1 is 0.645 bits per heavy atom. The Labute approximate surface area is 193 Å². The number of fused-ring (bicyclic) bond motifs is 2. The number of hydrogen-bond acceptors (Lipinski definition) is 2. The molecular formula is C28H29BrO2. The van der Waals surface area contributed by atoms with Gasteiger partial charge in [-0.2, -0.15) is 0 Å². The van der Waals surface area contributed by atoms with Crippen molar-refractivity contribution in [3.8, 4) is 22.6 Å². The summed E-state index contributed by atoms with van der Waals surface area (Å²) in [4.78, 5) is 0. The molecule has 0 saturated carbocycles. The van der Waals surface area contributed by atoms with Gasteiger partial charge >= 0.3 is 0 Å². The highest BCUT2D eigenvalue weighted by atomic mass is 79.9. The maximum absolute atomic E-state index is 5.83. The van der Waals surface area contributed by atoms with E-state index in [1.165, 1.54) is 52.8 Å². The normalized spacial score (nSPS) is 11.2. The van der Waals surface area contributed by atoms with Crippen LogP contribution in [-0.2, 0) is 6.42 Å². The van der Waals surface area contributed by atoms with Crippen molar-refractivity contribution in [2.24, 2.45) is 0 Å². The zero-order chi connectivity index (χ0) is 21.6. The molecule has 31 heavy (non-hydrogen) atoms. The molecular weight excluding hydrogens is 448 g/mol. The smallest absolute Gasteiger partial charge is 0.127 e. The zero-order valence-electron chi connectivity index (χ0n) is 18.3. The highest BCUT2D eigenvalue weighted by Crippen LogP contribution is 2.45. The average molecular weight is 477 g/mol. The van der Waals surface area contributed by atoms with Gasteiger partial charge in [0.25, 0.3) is 0 Å². The highest BCUT2D eigenvalue weighted by molar-refractivity contribution is 9.09. The summed E-state index contributed by atoms with van der Waals surface area (Å²) >= 11 is 3.52. The summed E-state index contributed by atoms with van der Waals surface area (Å²) in [6.07, 6.45) is 6.19. The van der Waals surface area contributed by atoms with Crippen LogP contribution in [0, 0.1) is 0 Å². The quantitative estimate of drug-likeness (QED) is 0.179. The van der Waals surface area contributed by atoms with E-state index in [4.69, 9.17) is 9.47 Å². The third kappa shape index (κ3) is 4.57. The molecule has 4 aromatic carbocycles. The predicted molar refractivity (Wildman–Crippen MR) is 136 cm³/mol. The molecule has 0 atom stereocenters. The molecule has 0 amide bonds. The van der Waals surface area contributed by atoms with Gasteiger partial charge in [-0.3, -0.25) is 0 Å². The minimum absolute atomic E-state index is 0.861. The Balaban J connectivity index is 1.82. The van der Waals surface area contributed by atoms with E-state index in [0.717, 1.165) is 34.4 Å². The van der Waals surface area contributed by atoms with Crippen molar-refractivity contribution >= 4 is 37.5 Å². The first-order valence-corrected chi connectivity index (χ1v) is 12.1. The fourth-order valence-corrected chi connectivity index (χ4v) is 4.80. The van der Waals surface area contributed by atoms with Gasteiger partial charge in [0, 0.05) is 16.5 Å². The zero-order valence-corrected chi connectivity index (χ0v) is 19.9. The van der Waals surface area contributed by atoms with Crippen LogP contribution in [0.3, 0.4) is 0 Å². The maximum atomic E-state index is 5.83. The number of methoxy groups -OCH3 is 2. The van der Waals surface area contributed by atoms with Crippen molar-refractivity contribution in [1.29, 1.82) is 0 Å². The largest absolute Gasteiger partial charge is 0.496 e. The second-order valence-corrected chi connectivity index (χ2v) is 8.71. The molecule has 0 unspecified atom stereocenters. The number of alkyl halides is 1. The molecule has 0 bridgehead atoms. The van der Waals surface area contributed by atoms with Crippen LogP contribution in [0.15, 0.2) is 66.7 Å². The summed E-state index contributed by atoms with van der Waals surface area (Å²) in [7, 11) is 3.47. The van der Waals surface area contributed by atoms with E-state index in [1.54, 1.807) is 14.2 Å². The van der Waals surface area contributed by atoms with Crippen LogP contribution in [0.25, 0.3) is 32.7 Å². The molecule has 4 rings (SSSR count). The van der Waals surface area contributed by atoms with Crippen molar-refractivity contribution in [1.82, 2.24) is 0 Å². The summed E-state index contributed by atoms with van der Waals surface area (Å²) in [5.74, 6) is 1.73. The van der Waals surface area contributed by atoms with Gasteiger partial charge in [0.05, 0.1) is 14.2 Å². The van der Waals surface area contributed by atoms with E-state index in [9.17, 15) is 0 Å². The molecule has 0 radical (unpaired) electrons. The van der Waals surface area contributed by atoms with Crippen LogP contribution < -0.4 is 9.47 Å². The Bertz CT molecular complexity index is 1180. The summed E-state index contributed by atoms with van der Waals surface area (Å²) in [5.41, 5.74) is 3.58. The van der Waals surface area contributed by atoms with Crippen molar-refractivity contribution in [3.05, 3.63) is 72.3 Å². The van der Waals surface area contributed by atoms with Gasteiger partial charge in [0.1, 0.15) is 11.5 Å². The van der Waals surface area contributed by atoms with Gasteiger partial charge in [0.15, 0.2) is 0 Å². The summed E-state index contributed by atoms with van der Waals surface area (Å²) in [6, 6.07) is 23.7. The maximum Gasteiger partial charge on any atom is 0.127 e. The monoisotopic (exact) mass is 476 g/mol. The van der Waals surface area contributed by atoms with E-state index >= 15 is 0 Å². The summed E-state index contributed by atoms with van der Waals surface area (Å²) in [5, 5.41) is 5.90. The summed E-state index contributed by atoms with van der Waals surface area (Å²) < 4.78 is 11.6. The van der Waals surface area contributed by atoms with Crippen molar-refractivity contribution in [2.45, 2.75) is 32.1 Å². The SMILES string of the molecule is COc1ccc2ccccc2c1-c1c(OC)ccc2cc(CCCCCCBr)ccc12. The highest BCUT2D eigenvalue weighted by Gasteiger charge is 2.18. The van der Waals surface area contributed by atoms with Crippen LogP contribution in [0.1, 0.15) is 31.2 Å². The minimum Gasteiger partial charge on any atom is -0.496 e. The number of hydrogen-bond donors (Lipinski definition) is 0. The molecule has 0 aliphatic heterocycles. The molecule has 4 aromatic rings. The van der Waals surface area contributed by atoms with E-state index in [2.05, 4.69) is 82.7 Å². The van der Waals surface area contributed by atoms with E-state index in [-0.39, 0.29) is 0 Å². The number of benzene rings is 4. The van der Waals surface area contributed by atoms with E-state index in [0.29, 0.717) is 0 Å². The van der Waals surface area contributed by atoms with Crippen LogP contribution in [0.4, 0.5) is 0 Å². The Kier molecular flexibility index (Phi) is 7.14. The Morgan fingerprint density at radius 3 is 2.00 bits per heavy atom. The molecule has 0 aliphatic carbocycles. The molecule has 0 saturated heterocycles. The fourth-order valence-electron chi connectivity index (χ4n) is 4.40. The van der Waals surface area contributed by atoms with Gasteiger partial charge in [-0.15, -0.1) is 0 Å². The predicted octanol–water partition coefficient (Wildman–Crippen LogP) is 8.18. The van der Waals surface area contributed by atoms with E-state index < -0.39 is 0 Å². The molecule has 0 aromatic heterocycles. The third-order valence-corrected chi connectivity index (χ3v) is 6.54. The van der Waals surface area contributed by atoms with E-state index in [1.807, 2.05) is 0 Å². The third-order valence-electron chi connectivity index (χ3n) is 5.98. The first kappa shape index (κ1) is 21.7. The molecule has 0 spiro atoms. The molecule has 0 fully saturated rings. The summed E-state index contributed by atoms with van der Waals surface area (Å²) in [6.45, 7) is 0. The standard InChI is InChI=1S/C28H29BrO2/c1-30-25-16-13-21-10-6-7-11-23(21)27(25)28-24-15-12-20(9-5-3-4-8-18-29)19-22(24)14-17-26(28)31-2/h6-7,10-17,19H,3-5,8-9,18H2,1-2H3. The lowest BCUT2D eigenvalue weighted by Gasteiger charge is -2.18. The molecule has 0 heterocycles. The van der Waals surface area contributed by atoms with Crippen LogP contribution in [0.2, 0.25) is 0 Å². The Morgan fingerprint density at radius 2 is 1.29 bits per heavy atom. The topological polar surface area (TPSA) is 18.5 Å². The second kappa shape index (κ2) is 10.2. The first-order chi connectivity index (χ1) is 15.3. The van der Waals surface area contributed by atoms with Crippen molar-refractivity contribution in [2.75, 3.05) is 19.5 Å². The fraction of sp³-hybridized carbons (Fsp3) is 0.286. The first-order valence-electron chi connectivity index (χ1n) is 11.0. The van der Waals surface area contributed by atoms with Crippen LogP contribution in [0.5, 0.6) is 11.5 Å². The van der Waals surface area contributed by atoms with Gasteiger partial charge < -0.3 is 9.47 Å². The minimum atomic E-state index is 0.861. The van der Waals surface area contributed by atoms with Crippen molar-refractivity contribution < 1.29 is 9.47 Å². The van der Waals surface area contributed by atoms with Crippen LogP contribution >= 0.6 is 15.9 Å². The molecule has 0 aliphatic rings. The lowest BCUT2D eigenvalue weighted by atomic mass is 9.91. The number of rotatable bonds is 9. The number of halogens is 1. The van der Waals surface area contributed by atoms with Crippen LogP contribution in [-0.4, -0.2) is 19.5 Å². The van der Waals surface area contributed by atoms with Gasteiger partial charge in [-0.05, 0) is 58.5 Å². The number of aryl methyl sites for hydroxylation is 1. The number of ether oxygens (including phenoxy) is 2. The van der Waals surface area contributed by atoms with Gasteiger partial charge in [0.2, 0.25) is 0 Å². The second-order valence-electron chi connectivity index (χ2n) is 7.92. The molecule has 3 heteroatoms. The molecule has 0 N–H and O–H groups in total. The van der Waals surface area contributed by atoms with Gasteiger partial charge in [-0.1, -0.05) is 83.4 Å². The molecule has 160 valence electrons.